The number of hydrogen-bond donors (Lipinski definition) is 1. The molecule has 0 spiro atoms. The van der Waals surface area contributed by atoms with Crippen molar-refractivity contribution in [1.29, 1.82) is 0 Å². The van der Waals surface area contributed by atoms with Gasteiger partial charge in [0.15, 0.2) is 11.3 Å². The van der Waals surface area contributed by atoms with Gasteiger partial charge < -0.3 is 4.74 Å². The number of nitrogens with zero attached hydrogens (tertiary/aromatic N) is 1. The summed E-state index contributed by atoms with van der Waals surface area (Å²) < 4.78 is 5.26. The zero-order chi connectivity index (χ0) is 25.6. The third-order valence-corrected chi connectivity index (χ3v) is 7.33. The van der Waals surface area contributed by atoms with E-state index in [0.717, 1.165) is 16.0 Å². The molecule has 7 nitrogen and oxygen atoms in total. The van der Waals surface area contributed by atoms with E-state index in [-0.39, 0.29) is 5.78 Å². The molecule has 2 aliphatic heterocycles. The molecule has 4 atom stereocenters. The first kappa shape index (κ1) is 23.6. The number of methoxy groups -OCH3 is 1. The van der Waals surface area contributed by atoms with Crippen molar-refractivity contribution in [1.82, 2.24) is 5.32 Å². The van der Waals surface area contributed by atoms with Crippen molar-refractivity contribution < 1.29 is 23.9 Å². The van der Waals surface area contributed by atoms with Gasteiger partial charge >= 0.3 is 5.97 Å². The molecule has 0 unspecified atom stereocenters. The Morgan fingerprint density at radius 1 is 0.917 bits per heavy atom. The van der Waals surface area contributed by atoms with Gasteiger partial charge in [-0.3, -0.25) is 19.7 Å². The highest BCUT2D eigenvalue weighted by Gasteiger charge is 2.69. The summed E-state index contributed by atoms with van der Waals surface area (Å²) in [6.07, 6.45) is 0. The van der Waals surface area contributed by atoms with Crippen LogP contribution in [0.25, 0.3) is 0 Å². The Morgan fingerprint density at radius 2 is 1.61 bits per heavy atom. The van der Waals surface area contributed by atoms with Crippen molar-refractivity contribution in [2.45, 2.75) is 25.4 Å². The molecule has 2 aliphatic rings. The summed E-state index contributed by atoms with van der Waals surface area (Å²) >= 11 is 0. The largest absolute Gasteiger partial charge is 0.467 e. The van der Waals surface area contributed by atoms with Crippen molar-refractivity contribution in [2.24, 2.45) is 11.8 Å². The average Bonchev–Trinajstić information content (AvgIpc) is 3.38. The van der Waals surface area contributed by atoms with Gasteiger partial charge in [0.1, 0.15) is 0 Å². The summed E-state index contributed by atoms with van der Waals surface area (Å²) in [5.74, 6) is -3.66. The number of imide groups is 1. The molecule has 3 aromatic carbocycles. The van der Waals surface area contributed by atoms with Crippen LogP contribution in [0.1, 0.15) is 40.0 Å². The second kappa shape index (κ2) is 8.84. The molecule has 36 heavy (non-hydrogen) atoms. The Morgan fingerprint density at radius 3 is 2.28 bits per heavy atom. The number of esters is 1. The lowest BCUT2D eigenvalue weighted by molar-refractivity contribution is -0.152. The highest BCUT2D eigenvalue weighted by molar-refractivity contribution is 6.24. The highest BCUT2D eigenvalue weighted by atomic mass is 16.5. The number of amides is 2. The molecule has 2 amide bonds. The maximum absolute atomic E-state index is 14.1. The van der Waals surface area contributed by atoms with Gasteiger partial charge in [-0.05, 0) is 42.7 Å². The standard InChI is InChI=1S/C29H26N2O5/c1-17-10-7-8-15-22(17)25-23-24(29(30-25,28(35)36-3)20-12-5-4-6-13-20)27(34)31(26(23)33)21-14-9-11-19(16-21)18(2)32/h4-16,23-25,30H,1-3H3/t23-,24-,25-,29-/m1/s1. The molecule has 0 bridgehead atoms. The predicted molar refractivity (Wildman–Crippen MR) is 133 cm³/mol. The van der Waals surface area contributed by atoms with Crippen LogP contribution in [0.4, 0.5) is 5.69 Å². The van der Waals surface area contributed by atoms with Gasteiger partial charge in [0.05, 0.1) is 24.6 Å². The minimum atomic E-state index is -1.58. The topological polar surface area (TPSA) is 92.8 Å². The summed E-state index contributed by atoms with van der Waals surface area (Å²) in [6, 6.07) is 22.3. The average molecular weight is 483 g/mol. The molecule has 2 saturated heterocycles. The number of anilines is 1. The Labute approximate surface area is 209 Å². The number of rotatable bonds is 5. The van der Waals surface area contributed by atoms with Crippen LogP contribution < -0.4 is 10.2 Å². The lowest BCUT2D eigenvalue weighted by Crippen LogP contribution is -2.53. The molecule has 0 aliphatic carbocycles. The Kier molecular flexibility index (Phi) is 5.80. The number of carbonyl (C=O) groups is 4. The van der Waals surface area contributed by atoms with Gasteiger partial charge in [-0.15, -0.1) is 0 Å². The van der Waals surface area contributed by atoms with Crippen molar-refractivity contribution in [3.8, 4) is 0 Å². The predicted octanol–water partition coefficient (Wildman–Crippen LogP) is 3.72. The van der Waals surface area contributed by atoms with Gasteiger partial charge in [0.2, 0.25) is 11.8 Å². The van der Waals surface area contributed by atoms with Crippen molar-refractivity contribution in [2.75, 3.05) is 12.0 Å². The van der Waals surface area contributed by atoms with Crippen LogP contribution in [0.15, 0.2) is 78.9 Å². The molecule has 5 rings (SSSR count). The third kappa shape index (κ3) is 3.38. The van der Waals surface area contributed by atoms with Crippen molar-refractivity contribution >= 4 is 29.3 Å². The van der Waals surface area contributed by atoms with Crippen LogP contribution in [0.2, 0.25) is 0 Å². The normalized spacial score (nSPS) is 25.1. The number of ketones is 1. The van der Waals surface area contributed by atoms with E-state index in [1.54, 1.807) is 42.5 Å². The van der Waals surface area contributed by atoms with Gasteiger partial charge in [-0.2, -0.15) is 0 Å². The number of nitrogens with one attached hydrogen (secondary N) is 1. The monoisotopic (exact) mass is 482 g/mol. The van der Waals surface area contributed by atoms with Gasteiger partial charge in [-0.25, -0.2) is 9.69 Å². The lowest BCUT2D eigenvalue weighted by Gasteiger charge is -2.33. The fourth-order valence-corrected chi connectivity index (χ4v) is 5.66. The van der Waals surface area contributed by atoms with Crippen LogP contribution in [-0.4, -0.2) is 30.7 Å². The SMILES string of the molecule is COC(=O)[C@]1(c2ccccc2)N[C@H](c2ccccc2C)[C@@H]2C(=O)N(c3cccc(C(C)=O)c3)C(=O)[C@@H]21. The van der Waals surface area contributed by atoms with Crippen LogP contribution in [0.5, 0.6) is 0 Å². The molecule has 2 heterocycles. The van der Waals surface area contributed by atoms with E-state index in [9.17, 15) is 19.2 Å². The van der Waals surface area contributed by atoms with E-state index in [1.807, 2.05) is 37.3 Å². The molecule has 7 heteroatoms. The molecule has 2 fully saturated rings. The van der Waals surface area contributed by atoms with Crippen LogP contribution >= 0.6 is 0 Å². The van der Waals surface area contributed by atoms with E-state index < -0.39 is 41.2 Å². The second-order valence-corrected chi connectivity index (χ2v) is 9.27. The lowest BCUT2D eigenvalue weighted by atomic mass is 9.75. The van der Waals surface area contributed by atoms with Crippen molar-refractivity contribution in [3.63, 3.8) is 0 Å². The van der Waals surface area contributed by atoms with E-state index in [1.165, 1.54) is 20.1 Å². The number of carbonyl (C=O) groups excluding carboxylic acids is 4. The second-order valence-electron chi connectivity index (χ2n) is 9.27. The summed E-state index contributed by atoms with van der Waals surface area (Å²) in [7, 11) is 1.28. The Balaban J connectivity index is 1.74. The number of aryl methyl sites for hydroxylation is 1. The van der Waals surface area contributed by atoms with E-state index in [4.69, 9.17) is 4.74 Å². The molecule has 3 aromatic rings. The van der Waals surface area contributed by atoms with Crippen molar-refractivity contribution in [3.05, 3.63) is 101 Å². The fraction of sp³-hybridized carbons (Fsp3) is 0.241. The smallest absolute Gasteiger partial charge is 0.331 e. The molecule has 0 radical (unpaired) electrons. The first-order valence-corrected chi connectivity index (χ1v) is 11.8. The molecule has 1 N–H and O–H groups in total. The zero-order valence-corrected chi connectivity index (χ0v) is 20.2. The van der Waals surface area contributed by atoms with E-state index >= 15 is 0 Å². The molecule has 0 aromatic heterocycles. The molecule has 0 saturated carbocycles. The minimum absolute atomic E-state index is 0.177. The van der Waals surface area contributed by atoms with Crippen LogP contribution in [0.3, 0.4) is 0 Å². The van der Waals surface area contributed by atoms with Gasteiger partial charge in [0.25, 0.3) is 0 Å². The first-order chi connectivity index (χ1) is 17.3. The number of ether oxygens (including phenoxy) is 1. The molecular weight excluding hydrogens is 456 g/mol. The van der Waals surface area contributed by atoms with Gasteiger partial charge in [-0.1, -0.05) is 66.7 Å². The maximum Gasteiger partial charge on any atom is 0.331 e. The maximum atomic E-state index is 14.1. The summed E-state index contributed by atoms with van der Waals surface area (Å²) in [5, 5.41) is 3.40. The van der Waals surface area contributed by atoms with E-state index in [2.05, 4.69) is 5.32 Å². The number of hydrogen-bond acceptors (Lipinski definition) is 6. The molecule has 182 valence electrons. The van der Waals surface area contributed by atoms with Gasteiger partial charge in [0, 0.05) is 11.6 Å². The summed E-state index contributed by atoms with van der Waals surface area (Å²) in [5.41, 5.74) is 1.43. The Bertz CT molecular complexity index is 1390. The highest BCUT2D eigenvalue weighted by Crippen LogP contribution is 2.54. The zero-order valence-electron chi connectivity index (χ0n) is 20.2. The number of fused-ring (bicyclic) bond motifs is 1. The van der Waals surface area contributed by atoms with Crippen LogP contribution in [-0.2, 0) is 24.7 Å². The first-order valence-electron chi connectivity index (χ1n) is 11.8. The Hall–Kier alpha value is -4.10. The number of Topliss-reactive ketones (excluding diaryl/α,β-unsaturated/α-hetero) is 1. The third-order valence-electron chi connectivity index (χ3n) is 7.33. The summed E-state index contributed by atoms with van der Waals surface area (Å²) in [4.78, 5) is 54.8. The number of benzene rings is 3. The van der Waals surface area contributed by atoms with Crippen LogP contribution in [0, 0.1) is 18.8 Å². The van der Waals surface area contributed by atoms with E-state index in [0.29, 0.717) is 16.8 Å². The fourth-order valence-electron chi connectivity index (χ4n) is 5.66. The minimum Gasteiger partial charge on any atom is -0.467 e. The molecular formula is C29H26N2O5. The summed E-state index contributed by atoms with van der Waals surface area (Å²) in [6.45, 7) is 3.36. The quantitative estimate of drug-likeness (QED) is 0.339.